The number of nitrogens with one attached hydrogen (secondary N) is 2. The van der Waals surface area contributed by atoms with Crippen LogP contribution in [0.2, 0.25) is 0 Å². The lowest BCUT2D eigenvalue weighted by molar-refractivity contribution is -0.121. The van der Waals surface area contributed by atoms with Gasteiger partial charge in [0, 0.05) is 24.6 Å². The van der Waals surface area contributed by atoms with Crippen LogP contribution >= 0.6 is 0 Å². The number of fused-ring (bicyclic) bond motifs is 1. The molecule has 1 unspecified atom stereocenters. The van der Waals surface area contributed by atoms with E-state index in [1.54, 1.807) is 0 Å². The van der Waals surface area contributed by atoms with E-state index in [2.05, 4.69) is 10.6 Å². The van der Waals surface area contributed by atoms with E-state index in [9.17, 15) is 4.79 Å². The SMILES string of the molecule is O=C(CCC1CCCCN1)NCc1cccc2c1OCO2. The van der Waals surface area contributed by atoms with Crippen LogP contribution in [0.1, 0.15) is 37.7 Å². The van der Waals surface area contributed by atoms with Gasteiger partial charge in [0.1, 0.15) is 0 Å². The lowest BCUT2D eigenvalue weighted by Gasteiger charge is -2.23. The van der Waals surface area contributed by atoms with Crippen LogP contribution in [0.3, 0.4) is 0 Å². The van der Waals surface area contributed by atoms with Gasteiger partial charge in [-0.15, -0.1) is 0 Å². The van der Waals surface area contributed by atoms with E-state index < -0.39 is 0 Å². The molecule has 1 amide bonds. The second-order valence-corrected chi connectivity index (χ2v) is 5.61. The van der Waals surface area contributed by atoms with Gasteiger partial charge in [-0.25, -0.2) is 0 Å². The van der Waals surface area contributed by atoms with Crippen LogP contribution in [-0.2, 0) is 11.3 Å². The molecule has 0 spiro atoms. The Hall–Kier alpha value is -1.75. The summed E-state index contributed by atoms with van der Waals surface area (Å²) in [6, 6.07) is 6.25. The molecule has 5 nitrogen and oxygen atoms in total. The number of para-hydroxylation sites is 1. The third-order valence-electron chi connectivity index (χ3n) is 4.09. The first-order valence-electron chi connectivity index (χ1n) is 7.70. The van der Waals surface area contributed by atoms with E-state index >= 15 is 0 Å². The maximum Gasteiger partial charge on any atom is 0.231 e. The maximum atomic E-state index is 11.9. The van der Waals surface area contributed by atoms with E-state index in [1.165, 1.54) is 19.3 Å². The van der Waals surface area contributed by atoms with Crippen molar-refractivity contribution in [1.82, 2.24) is 10.6 Å². The summed E-state index contributed by atoms with van der Waals surface area (Å²) in [5.74, 6) is 1.61. The first-order valence-corrected chi connectivity index (χ1v) is 7.70. The lowest BCUT2D eigenvalue weighted by atomic mass is 10.0. The smallest absolute Gasteiger partial charge is 0.231 e. The molecule has 1 fully saturated rings. The van der Waals surface area contributed by atoms with Gasteiger partial charge in [-0.3, -0.25) is 4.79 Å². The number of benzene rings is 1. The molecule has 5 heteroatoms. The zero-order chi connectivity index (χ0) is 14.5. The number of carbonyl (C=O) groups is 1. The van der Waals surface area contributed by atoms with Gasteiger partial charge in [0.25, 0.3) is 0 Å². The van der Waals surface area contributed by atoms with Gasteiger partial charge in [0.05, 0.1) is 0 Å². The van der Waals surface area contributed by atoms with Crippen molar-refractivity contribution in [2.75, 3.05) is 13.3 Å². The summed E-state index contributed by atoms with van der Waals surface area (Å²) in [5, 5.41) is 6.43. The number of ether oxygens (including phenoxy) is 2. The van der Waals surface area contributed by atoms with Crippen molar-refractivity contribution in [2.24, 2.45) is 0 Å². The summed E-state index contributed by atoms with van der Waals surface area (Å²) >= 11 is 0. The van der Waals surface area contributed by atoms with Gasteiger partial charge in [0.15, 0.2) is 11.5 Å². The van der Waals surface area contributed by atoms with Gasteiger partial charge in [-0.2, -0.15) is 0 Å². The minimum Gasteiger partial charge on any atom is -0.454 e. The number of piperidine rings is 1. The van der Waals surface area contributed by atoms with Crippen LogP contribution in [0, 0.1) is 0 Å². The molecule has 2 aliphatic heterocycles. The second-order valence-electron chi connectivity index (χ2n) is 5.61. The van der Waals surface area contributed by atoms with Crippen molar-refractivity contribution in [2.45, 2.75) is 44.7 Å². The number of rotatable bonds is 5. The molecule has 1 aromatic rings. The van der Waals surface area contributed by atoms with Crippen molar-refractivity contribution in [3.05, 3.63) is 23.8 Å². The van der Waals surface area contributed by atoms with Gasteiger partial charge in [-0.1, -0.05) is 18.6 Å². The van der Waals surface area contributed by atoms with Gasteiger partial charge < -0.3 is 20.1 Å². The number of amides is 1. The number of hydrogen-bond donors (Lipinski definition) is 2. The first kappa shape index (κ1) is 14.2. The monoisotopic (exact) mass is 290 g/mol. The fourth-order valence-corrected chi connectivity index (χ4v) is 2.89. The highest BCUT2D eigenvalue weighted by Crippen LogP contribution is 2.35. The largest absolute Gasteiger partial charge is 0.454 e. The average Bonchev–Trinajstić information content (AvgIpc) is 3.01. The van der Waals surface area contributed by atoms with Crippen LogP contribution in [-0.4, -0.2) is 25.3 Å². The highest BCUT2D eigenvalue weighted by molar-refractivity contribution is 5.76. The minimum atomic E-state index is 0.0962. The summed E-state index contributed by atoms with van der Waals surface area (Å²) in [5.41, 5.74) is 0.967. The topological polar surface area (TPSA) is 59.6 Å². The Morgan fingerprint density at radius 3 is 3.14 bits per heavy atom. The molecule has 21 heavy (non-hydrogen) atoms. The fourth-order valence-electron chi connectivity index (χ4n) is 2.89. The van der Waals surface area contributed by atoms with E-state index in [4.69, 9.17) is 9.47 Å². The predicted octanol–water partition coefficient (Wildman–Crippen LogP) is 1.95. The van der Waals surface area contributed by atoms with Crippen molar-refractivity contribution in [3.63, 3.8) is 0 Å². The molecule has 1 saturated heterocycles. The molecule has 1 atom stereocenters. The third-order valence-corrected chi connectivity index (χ3v) is 4.09. The summed E-state index contributed by atoms with van der Waals surface area (Å²) in [7, 11) is 0. The van der Waals surface area contributed by atoms with Gasteiger partial charge in [-0.05, 0) is 31.9 Å². The Balaban J connectivity index is 1.44. The number of hydrogen-bond acceptors (Lipinski definition) is 4. The van der Waals surface area contributed by atoms with E-state index in [0.29, 0.717) is 19.0 Å². The first-order chi connectivity index (χ1) is 10.3. The molecule has 0 aliphatic carbocycles. The molecule has 2 N–H and O–H groups in total. The number of carbonyl (C=O) groups excluding carboxylic acids is 1. The summed E-state index contributed by atoms with van der Waals surface area (Å²) < 4.78 is 10.8. The highest BCUT2D eigenvalue weighted by atomic mass is 16.7. The highest BCUT2D eigenvalue weighted by Gasteiger charge is 2.18. The Morgan fingerprint density at radius 2 is 2.29 bits per heavy atom. The van der Waals surface area contributed by atoms with E-state index in [0.717, 1.165) is 30.0 Å². The maximum absolute atomic E-state index is 11.9. The summed E-state index contributed by atoms with van der Waals surface area (Å²) in [4.78, 5) is 11.9. The Bertz CT molecular complexity index is 498. The van der Waals surface area contributed by atoms with Crippen LogP contribution < -0.4 is 20.1 Å². The molecule has 0 bridgehead atoms. The van der Waals surface area contributed by atoms with Crippen LogP contribution in [0.4, 0.5) is 0 Å². The second kappa shape index (κ2) is 6.80. The van der Waals surface area contributed by atoms with Crippen LogP contribution in [0.15, 0.2) is 18.2 Å². The molecule has 0 radical (unpaired) electrons. The molecule has 0 aromatic heterocycles. The average molecular weight is 290 g/mol. The Kier molecular flexibility index (Phi) is 4.60. The van der Waals surface area contributed by atoms with Crippen LogP contribution in [0.25, 0.3) is 0 Å². The quantitative estimate of drug-likeness (QED) is 0.870. The Labute approximate surface area is 125 Å². The summed E-state index contributed by atoms with van der Waals surface area (Å²) in [6.07, 6.45) is 5.20. The molecule has 1 aromatic carbocycles. The van der Waals surface area contributed by atoms with E-state index in [-0.39, 0.29) is 12.7 Å². The lowest BCUT2D eigenvalue weighted by Crippen LogP contribution is -2.35. The van der Waals surface area contributed by atoms with Crippen molar-refractivity contribution >= 4 is 5.91 Å². The predicted molar refractivity (Wildman–Crippen MR) is 79.3 cm³/mol. The van der Waals surface area contributed by atoms with Crippen LogP contribution in [0.5, 0.6) is 11.5 Å². The molecule has 2 heterocycles. The minimum absolute atomic E-state index is 0.0962. The molecule has 0 saturated carbocycles. The Morgan fingerprint density at radius 1 is 1.33 bits per heavy atom. The normalized spacial score (nSPS) is 20.3. The van der Waals surface area contributed by atoms with Crippen molar-refractivity contribution in [1.29, 1.82) is 0 Å². The van der Waals surface area contributed by atoms with Crippen molar-refractivity contribution in [3.8, 4) is 11.5 Å². The molecule has 3 rings (SSSR count). The third kappa shape index (κ3) is 3.67. The fraction of sp³-hybridized carbons (Fsp3) is 0.562. The van der Waals surface area contributed by atoms with Crippen molar-refractivity contribution < 1.29 is 14.3 Å². The van der Waals surface area contributed by atoms with Gasteiger partial charge >= 0.3 is 0 Å². The van der Waals surface area contributed by atoms with E-state index in [1.807, 2.05) is 18.2 Å². The molecular formula is C16H22N2O3. The molecule has 114 valence electrons. The molecule has 2 aliphatic rings. The molecular weight excluding hydrogens is 268 g/mol. The standard InChI is InChI=1S/C16H22N2O3/c19-15(8-7-13-5-1-2-9-17-13)18-10-12-4-3-6-14-16(12)21-11-20-14/h3-4,6,13,17H,1-2,5,7-11H2,(H,18,19). The van der Waals surface area contributed by atoms with Gasteiger partial charge in [0.2, 0.25) is 12.7 Å². The zero-order valence-corrected chi connectivity index (χ0v) is 12.2. The zero-order valence-electron chi connectivity index (χ0n) is 12.2. The summed E-state index contributed by atoms with van der Waals surface area (Å²) in [6.45, 7) is 1.83.